The molecule has 0 bridgehead atoms. The van der Waals surface area contributed by atoms with Crippen molar-refractivity contribution in [3.63, 3.8) is 0 Å². The average Bonchev–Trinajstić information content (AvgIpc) is 3.67. The molecule has 1 aliphatic heterocycles. The molecule has 1 unspecified atom stereocenters. The van der Waals surface area contributed by atoms with Crippen molar-refractivity contribution in [1.82, 2.24) is 4.98 Å². The second-order valence-electron chi connectivity index (χ2n) is 13.2. The van der Waals surface area contributed by atoms with Crippen LogP contribution in [0.2, 0.25) is 0 Å². The van der Waals surface area contributed by atoms with Crippen LogP contribution in [0.5, 0.6) is 0 Å². The highest BCUT2D eigenvalue weighted by Gasteiger charge is 2.21. The molecule has 2 heterocycles. The summed E-state index contributed by atoms with van der Waals surface area (Å²) in [7, 11) is 0. The monoisotopic (exact) mass is 754 g/mol. The highest BCUT2D eigenvalue weighted by Crippen LogP contribution is 2.46. The van der Waals surface area contributed by atoms with Gasteiger partial charge in [0.25, 0.3) is 0 Å². The van der Waals surface area contributed by atoms with Gasteiger partial charge in [-0.25, -0.2) is 0 Å². The molecular weight excluding hydrogens is 719 g/mol. The van der Waals surface area contributed by atoms with Crippen molar-refractivity contribution in [3.05, 3.63) is 169 Å². The molecule has 0 saturated carbocycles. The van der Waals surface area contributed by atoms with Crippen LogP contribution in [0, 0.1) is 0 Å². The van der Waals surface area contributed by atoms with Gasteiger partial charge in [0.15, 0.2) is 0 Å². The van der Waals surface area contributed by atoms with E-state index in [4.69, 9.17) is 4.99 Å². The van der Waals surface area contributed by atoms with E-state index in [9.17, 15) is 0 Å². The summed E-state index contributed by atoms with van der Waals surface area (Å²) in [6.07, 6.45) is 8.37. The topological polar surface area (TPSA) is 25.2 Å². The zero-order valence-electron chi connectivity index (χ0n) is 27.9. The van der Waals surface area contributed by atoms with Gasteiger partial charge < -0.3 is 0 Å². The van der Waals surface area contributed by atoms with Gasteiger partial charge >= 0.3 is 0 Å². The lowest BCUT2D eigenvalue weighted by Gasteiger charge is -2.20. The van der Waals surface area contributed by atoms with Crippen molar-refractivity contribution in [1.29, 1.82) is 0 Å². The van der Waals surface area contributed by atoms with E-state index in [0.717, 1.165) is 11.3 Å². The molecule has 2 nitrogen and oxygen atoms in total. The molecule has 7 aromatic carbocycles. The Kier molecular flexibility index (Phi) is 8.01. The number of hydrogen-bond acceptors (Lipinski definition) is 2. The fraction of sp³-hybridized carbons (Fsp3) is 0.106. The van der Waals surface area contributed by atoms with E-state index < -0.39 is 0 Å². The number of halogens is 1. The molecule has 8 aromatic rings. The Hall–Kier alpha value is -5.13. The van der Waals surface area contributed by atoms with Crippen LogP contribution in [0.4, 0.5) is 0 Å². The van der Waals surface area contributed by atoms with Crippen LogP contribution in [0.15, 0.2) is 157 Å². The van der Waals surface area contributed by atoms with Gasteiger partial charge in [-0.3, -0.25) is 9.98 Å². The Morgan fingerprint density at radius 1 is 0.600 bits per heavy atom. The molecule has 0 aliphatic carbocycles. The highest BCUT2D eigenvalue weighted by molar-refractivity contribution is 14.1. The van der Waals surface area contributed by atoms with E-state index in [-0.39, 0.29) is 0 Å². The summed E-state index contributed by atoms with van der Waals surface area (Å²) in [5.74, 6) is 0. The first-order valence-electron chi connectivity index (χ1n) is 17.5. The average molecular weight is 755 g/mol. The maximum absolute atomic E-state index is 4.89. The normalized spacial score (nSPS) is 13.6. The first-order chi connectivity index (χ1) is 24.7. The summed E-state index contributed by atoms with van der Waals surface area (Å²) < 4.78 is 0.540. The minimum absolute atomic E-state index is 0.540. The Labute approximate surface area is 306 Å². The predicted molar refractivity (Wildman–Crippen MR) is 223 cm³/mol. The van der Waals surface area contributed by atoms with Crippen LogP contribution in [0.25, 0.3) is 70.9 Å². The Morgan fingerprint density at radius 3 is 1.94 bits per heavy atom. The van der Waals surface area contributed by atoms with Crippen molar-refractivity contribution >= 4 is 77.0 Å². The molecule has 3 heteroatoms. The fourth-order valence-electron chi connectivity index (χ4n) is 7.92. The number of nitrogens with zero attached hydrogens (tertiary/aromatic N) is 2. The van der Waals surface area contributed by atoms with Gasteiger partial charge in [-0.15, -0.1) is 0 Å². The number of fused-ring (bicyclic) bond motifs is 4. The van der Waals surface area contributed by atoms with Gasteiger partial charge in [-0.1, -0.05) is 157 Å². The number of pyridine rings is 1. The number of aliphatic imine (C=N–C) groups is 1. The lowest BCUT2D eigenvalue weighted by Crippen LogP contribution is -2.02. The van der Waals surface area contributed by atoms with E-state index in [2.05, 4.69) is 168 Å². The first kappa shape index (κ1) is 30.9. The molecule has 240 valence electrons. The quantitative estimate of drug-likeness (QED) is 0.0904. The van der Waals surface area contributed by atoms with Crippen LogP contribution >= 0.6 is 22.6 Å². The maximum Gasteiger partial charge on any atom is 0.0741 e. The van der Waals surface area contributed by atoms with Gasteiger partial charge in [0.1, 0.15) is 0 Å². The largest absolute Gasteiger partial charge is 0.280 e. The van der Waals surface area contributed by atoms with E-state index >= 15 is 0 Å². The first-order valence-corrected chi connectivity index (χ1v) is 18.7. The molecule has 0 amide bonds. The Morgan fingerprint density at radius 2 is 1.24 bits per heavy atom. The predicted octanol–water partition coefficient (Wildman–Crippen LogP) is 13.2. The third-order valence-corrected chi connectivity index (χ3v) is 11.5. The van der Waals surface area contributed by atoms with Gasteiger partial charge in [-0.2, -0.15) is 0 Å². The molecule has 0 N–H and O–H groups in total. The summed E-state index contributed by atoms with van der Waals surface area (Å²) in [6, 6.07) is 49.5. The number of rotatable bonds is 7. The van der Waals surface area contributed by atoms with Crippen LogP contribution in [-0.4, -0.2) is 17.2 Å². The second kappa shape index (κ2) is 13.0. The van der Waals surface area contributed by atoms with Crippen molar-refractivity contribution in [2.75, 3.05) is 6.54 Å². The zero-order chi connectivity index (χ0) is 33.6. The zero-order valence-corrected chi connectivity index (χ0v) is 30.1. The van der Waals surface area contributed by atoms with Crippen LogP contribution in [0.3, 0.4) is 0 Å². The minimum atomic E-state index is 0.540. The molecule has 0 saturated heterocycles. The van der Waals surface area contributed by atoms with Crippen molar-refractivity contribution in [3.8, 4) is 22.3 Å². The third-order valence-electron chi connectivity index (χ3n) is 10.2. The Bertz CT molecular complexity index is 2600. The number of benzene rings is 7. The summed E-state index contributed by atoms with van der Waals surface area (Å²) in [6.45, 7) is 2.94. The summed E-state index contributed by atoms with van der Waals surface area (Å²) in [5.41, 5.74) is 10.9. The lowest BCUT2D eigenvalue weighted by atomic mass is 9.83. The molecule has 50 heavy (non-hydrogen) atoms. The molecule has 0 radical (unpaired) electrons. The number of alkyl halides is 1. The maximum atomic E-state index is 4.89. The third kappa shape index (κ3) is 5.23. The molecule has 1 aliphatic rings. The minimum Gasteiger partial charge on any atom is -0.280 e. The summed E-state index contributed by atoms with van der Waals surface area (Å²) in [4.78, 5) is 9.28. The smallest absolute Gasteiger partial charge is 0.0741 e. The van der Waals surface area contributed by atoms with Crippen LogP contribution in [-0.2, 0) is 0 Å². The SMILES string of the molecule is CCCC(I)c1ccc2cc(-c3c4ccccc4c(-c4cccc5c(C6=CCN=C6c6cccnc6)cccc45)c4ccccc34)ccc2c1. The van der Waals surface area contributed by atoms with Gasteiger partial charge in [0, 0.05) is 27.5 Å². The molecule has 1 aromatic heterocycles. The van der Waals surface area contributed by atoms with Gasteiger partial charge in [-0.05, 0) is 101 Å². The molecule has 1 atom stereocenters. The fourth-order valence-corrected chi connectivity index (χ4v) is 8.93. The summed E-state index contributed by atoms with van der Waals surface area (Å²) >= 11 is 2.59. The second-order valence-corrected chi connectivity index (χ2v) is 14.7. The molecular formula is C47H35IN2. The number of allylic oxidation sites excluding steroid dienone is 1. The van der Waals surface area contributed by atoms with E-state index in [1.807, 2.05) is 18.5 Å². The van der Waals surface area contributed by atoms with Gasteiger partial charge in [0.05, 0.1) is 12.3 Å². The molecule has 9 rings (SSSR count). The Balaban J connectivity index is 1.25. The van der Waals surface area contributed by atoms with Crippen molar-refractivity contribution in [2.24, 2.45) is 4.99 Å². The van der Waals surface area contributed by atoms with Crippen molar-refractivity contribution < 1.29 is 0 Å². The van der Waals surface area contributed by atoms with Gasteiger partial charge in [0.2, 0.25) is 0 Å². The summed E-state index contributed by atoms with van der Waals surface area (Å²) in [5, 5.41) is 10.1. The van der Waals surface area contributed by atoms with E-state index in [1.165, 1.54) is 94.9 Å². The van der Waals surface area contributed by atoms with E-state index in [0.29, 0.717) is 10.5 Å². The van der Waals surface area contributed by atoms with Crippen molar-refractivity contribution in [2.45, 2.75) is 23.7 Å². The van der Waals surface area contributed by atoms with Crippen LogP contribution in [0.1, 0.15) is 40.4 Å². The number of hydrogen-bond donors (Lipinski definition) is 0. The molecule has 0 fully saturated rings. The molecule has 0 spiro atoms. The lowest BCUT2D eigenvalue weighted by molar-refractivity contribution is 0.800. The standard InChI is InChI=1S/C47H35IN2/c1-2-10-44(48)32-22-20-31-28-33(23-21-30(31)27-32)45-39-12-3-5-14-41(39)46(42-15-6-4-13-40(42)45)38-19-8-16-35-36(38)17-7-18-37(35)43-24-26-50-47(43)34-11-9-25-49-29-34/h3-9,11-25,27-29,44H,2,10,26H2,1H3. The highest BCUT2D eigenvalue weighted by atomic mass is 127. The van der Waals surface area contributed by atoms with E-state index in [1.54, 1.807) is 0 Å². The number of aromatic nitrogens is 1. The van der Waals surface area contributed by atoms with Crippen LogP contribution < -0.4 is 0 Å².